The number of carbonyl (C=O) groups excluding carboxylic acids is 1. The SMILES string of the molecule is Cc1cc2c(s1)S(=O)(=O)N(c1ccc(Cl)cc1)C(=O)C2. The van der Waals surface area contributed by atoms with Crippen LogP contribution in [-0.2, 0) is 21.2 Å². The lowest BCUT2D eigenvalue weighted by Crippen LogP contribution is -2.41. The van der Waals surface area contributed by atoms with Crippen molar-refractivity contribution >= 4 is 44.6 Å². The lowest BCUT2D eigenvalue weighted by atomic mass is 10.2. The standard InChI is InChI=1S/C13H10ClNO3S2/c1-8-6-9-7-12(16)15(20(17,18)13(9)19-8)11-4-2-10(14)3-5-11/h2-6H,7H2,1H3. The lowest BCUT2D eigenvalue weighted by molar-refractivity contribution is -0.117. The fraction of sp³-hybridized carbons (Fsp3) is 0.154. The first kappa shape index (κ1) is 13.6. The monoisotopic (exact) mass is 327 g/mol. The van der Waals surface area contributed by atoms with E-state index < -0.39 is 15.9 Å². The van der Waals surface area contributed by atoms with Gasteiger partial charge in [-0.25, -0.2) is 4.31 Å². The van der Waals surface area contributed by atoms with E-state index in [1.165, 1.54) is 23.5 Å². The summed E-state index contributed by atoms with van der Waals surface area (Å²) in [5.74, 6) is -0.447. The predicted molar refractivity (Wildman–Crippen MR) is 78.9 cm³/mol. The molecule has 1 aromatic carbocycles. The molecule has 0 atom stereocenters. The van der Waals surface area contributed by atoms with E-state index in [9.17, 15) is 13.2 Å². The molecule has 2 aromatic rings. The van der Waals surface area contributed by atoms with Crippen LogP contribution in [-0.4, -0.2) is 14.3 Å². The van der Waals surface area contributed by atoms with Gasteiger partial charge in [-0.1, -0.05) is 11.6 Å². The van der Waals surface area contributed by atoms with Crippen molar-refractivity contribution in [3.63, 3.8) is 0 Å². The molecule has 2 heterocycles. The number of sulfonamides is 1. The summed E-state index contributed by atoms with van der Waals surface area (Å²) in [5.41, 5.74) is 0.902. The summed E-state index contributed by atoms with van der Waals surface area (Å²) in [7, 11) is -3.82. The van der Waals surface area contributed by atoms with Gasteiger partial charge in [0.05, 0.1) is 12.1 Å². The molecule has 0 aliphatic carbocycles. The molecule has 1 aromatic heterocycles. The van der Waals surface area contributed by atoms with Crippen LogP contribution in [0.4, 0.5) is 5.69 Å². The molecule has 0 radical (unpaired) electrons. The Hall–Kier alpha value is -1.37. The van der Waals surface area contributed by atoms with Crippen LogP contribution in [0, 0.1) is 6.92 Å². The van der Waals surface area contributed by atoms with Crippen LogP contribution in [0.2, 0.25) is 5.02 Å². The second-order valence-electron chi connectivity index (χ2n) is 4.49. The minimum absolute atomic E-state index is 0.0987. The van der Waals surface area contributed by atoms with Gasteiger partial charge in [-0.2, -0.15) is 8.42 Å². The molecule has 0 N–H and O–H groups in total. The van der Waals surface area contributed by atoms with Gasteiger partial charge >= 0.3 is 0 Å². The molecule has 1 aliphatic heterocycles. The molecule has 0 unspecified atom stereocenters. The van der Waals surface area contributed by atoms with Crippen molar-refractivity contribution < 1.29 is 13.2 Å². The Labute approximate surface area is 125 Å². The Kier molecular flexibility index (Phi) is 3.12. The fourth-order valence-electron chi connectivity index (χ4n) is 2.20. The Morgan fingerprint density at radius 3 is 2.55 bits per heavy atom. The van der Waals surface area contributed by atoms with Crippen molar-refractivity contribution in [2.24, 2.45) is 0 Å². The highest BCUT2D eigenvalue weighted by atomic mass is 35.5. The minimum Gasteiger partial charge on any atom is -0.273 e. The molecule has 3 rings (SSSR count). The van der Waals surface area contributed by atoms with Crippen LogP contribution < -0.4 is 4.31 Å². The Morgan fingerprint density at radius 1 is 1.25 bits per heavy atom. The van der Waals surface area contributed by atoms with E-state index in [0.717, 1.165) is 9.18 Å². The number of aryl methyl sites for hydroxylation is 1. The fourth-order valence-corrected chi connectivity index (χ4v) is 5.48. The summed E-state index contributed by atoms with van der Waals surface area (Å²) in [6, 6.07) is 7.95. The average Bonchev–Trinajstić information content (AvgIpc) is 2.73. The van der Waals surface area contributed by atoms with E-state index in [2.05, 4.69) is 0 Å². The highest BCUT2D eigenvalue weighted by Gasteiger charge is 2.39. The van der Waals surface area contributed by atoms with E-state index in [-0.39, 0.29) is 10.6 Å². The summed E-state index contributed by atoms with van der Waals surface area (Å²) in [6.07, 6.45) is 0.0987. The predicted octanol–water partition coefficient (Wildman–Crippen LogP) is 2.99. The van der Waals surface area contributed by atoms with E-state index in [1.807, 2.05) is 6.92 Å². The van der Waals surface area contributed by atoms with Crippen molar-refractivity contribution in [2.45, 2.75) is 17.6 Å². The van der Waals surface area contributed by atoms with Crippen LogP contribution in [0.5, 0.6) is 0 Å². The first-order chi connectivity index (χ1) is 9.39. The van der Waals surface area contributed by atoms with Gasteiger partial charge in [-0.3, -0.25) is 4.79 Å². The second kappa shape index (κ2) is 4.58. The largest absolute Gasteiger partial charge is 0.280 e. The minimum atomic E-state index is -3.82. The number of anilines is 1. The van der Waals surface area contributed by atoms with Crippen molar-refractivity contribution in [2.75, 3.05) is 4.31 Å². The zero-order chi connectivity index (χ0) is 14.5. The van der Waals surface area contributed by atoms with Crippen LogP contribution >= 0.6 is 22.9 Å². The number of rotatable bonds is 1. The molecule has 1 aliphatic rings. The summed E-state index contributed by atoms with van der Waals surface area (Å²) in [4.78, 5) is 13.1. The molecular weight excluding hydrogens is 318 g/mol. The van der Waals surface area contributed by atoms with Crippen molar-refractivity contribution in [1.82, 2.24) is 0 Å². The maximum absolute atomic E-state index is 12.6. The van der Waals surface area contributed by atoms with Gasteiger partial charge in [-0.05, 0) is 42.8 Å². The number of halogens is 1. The summed E-state index contributed by atoms with van der Waals surface area (Å²) < 4.78 is 26.3. The van der Waals surface area contributed by atoms with Gasteiger partial charge in [0.25, 0.3) is 10.0 Å². The molecule has 0 bridgehead atoms. The van der Waals surface area contributed by atoms with Crippen LogP contribution in [0.15, 0.2) is 34.5 Å². The third-order valence-corrected chi connectivity index (χ3v) is 6.64. The topological polar surface area (TPSA) is 54.5 Å². The molecule has 0 saturated carbocycles. The van der Waals surface area contributed by atoms with Crippen LogP contribution in [0.1, 0.15) is 10.4 Å². The number of carbonyl (C=O) groups is 1. The first-order valence-electron chi connectivity index (χ1n) is 5.82. The second-order valence-corrected chi connectivity index (χ2v) is 8.16. The quantitative estimate of drug-likeness (QED) is 0.809. The number of amides is 1. The van der Waals surface area contributed by atoms with Crippen molar-refractivity contribution in [1.29, 1.82) is 0 Å². The molecule has 7 heteroatoms. The van der Waals surface area contributed by atoms with Gasteiger partial charge in [0.1, 0.15) is 4.21 Å². The zero-order valence-electron chi connectivity index (χ0n) is 10.5. The molecule has 0 fully saturated rings. The summed E-state index contributed by atoms with van der Waals surface area (Å²) >= 11 is 6.98. The smallest absolute Gasteiger partial charge is 0.273 e. The third kappa shape index (κ3) is 2.04. The Balaban J connectivity index is 2.17. The van der Waals surface area contributed by atoms with E-state index in [1.54, 1.807) is 18.2 Å². The zero-order valence-corrected chi connectivity index (χ0v) is 12.8. The first-order valence-corrected chi connectivity index (χ1v) is 8.46. The number of nitrogens with zero attached hydrogens (tertiary/aromatic N) is 1. The molecule has 104 valence electrons. The van der Waals surface area contributed by atoms with Crippen molar-refractivity contribution in [3.8, 4) is 0 Å². The van der Waals surface area contributed by atoms with Gasteiger partial charge in [0.15, 0.2) is 0 Å². The maximum Gasteiger partial charge on any atom is 0.280 e. The van der Waals surface area contributed by atoms with Crippen molar-refractivity contribution in [3.05, 3.63) is 45.8 Å². The molecule has 4 nitrogen and oxygen atoms in total. The molecule has 20 heavy (non-hydrogen) atoms. The summed E-state index contributed by atoms with van der Waals surface area (Å²) in [6.45, 7) is 1.83. The van der Waals surface area contributed by atoms with Crippen LogP contribution in [0.3, 0.4) is 0 Å². The molecular formula is C13H10ClNO3S2. The number of hydrogen-bond donors (Lipinski definition) is 0. The van der Waals surface area contributed by atoms with Gasteiger partial charge in [-0.15, -0.1) is 11.3 Å². The number of thiophene rings is 1. The number of fused-ring (bicyclic) bond motifs is 1. The molecule has 0 spiro atoms. The van der Waals surface area contributed by atoms with Gasteiger partial charge in [0.2, 0.25) is 5.91 Å². The third-order valence-electron chi connectivity index (χ3n) is 3.00. The highest BCUT2D eigenvalue weighted by Crippen LogP contribution is 2.36. The van der Waals surface area contributed by atoms with Crippen LogP contribution in [0.25, 0.3) is 0 Å². The van der Waals surface area contributed by atoms with E-state index in [4.69, 9.17) is 11.6 Å². The summed E-state index contributed by atoms with van der Waals surface area (Å²) in [5, 5.41) is 0.489. The Morgan fingerprint density at radius 2 is 1.90 bits per heavy atom. The van der Waals surface area contributed by atoms with Gasteiger partial charge in [0, 0.05) is 9.90 Å². The highest BCUT2D eigenvalue weighted by molar-refractivity contribution is 7.95. The number of benzene rings is 1. The van der Waals surface area contributed by atoms with E-state index >= 15 is 0 Å². The molecule has 1 amide bonds. The number of hydrogen-bond acceptors (Lipinski definition) is 4. The Bertz CT molecular complexity index is 794. The maximum atomic E-state index is 12.6. The van der Waals surface area contributed by atoms with E-state index in [0.29, 0.717) is 16.3 Å². The average molecular weight is 328 g/mol. The molecule has 0 saturated heterocycles. The lowest BCUT2D eigenvalue weighted by Gasteiger charge is -2.26. The van der Waals surface area contributed by atoms with Gasteiger partial charge < -0.3 is 0 Å². The normalized spacial score (nSPS) is 17.1.